The number of hydrogen-bond donors (Lipinski definition) is 0. The molecule has 6 heteroatoms. The molecule has 20 heavy (non-hydrogen) atoms. The van der Waals surface area contributed by atoms with E-state index in [1.165, 1.54) is 4.90 Å². The molecule has 1 fully saturated rings. The van der Waals surface area contributed by atoms with Gasteiger partial charge in [-0.05, 0) is 48.1 Å². The van der Waals surface area contributed by atoms with E-state index in [1.54, 1.807) is 0 Å². The molecule has 1 saturated heterocycles. The summed E-state index contributed by atoms with van der Waals surface area (Å²) in [6.45, 7) is -0.373. The van der Waals surface area contributed by atoms with Crippen LogP contribution in [0.4, 0.5) is 5.69 Å². The largest absolute Gasteiger partial charge is 0.548 e. The normalized spacial score (nSPS) is 20.2. The standard InChI is InChI=1S/C14H14BrNO3S/c15-9-1-2-11-10(7-9)14(3-5-20-6-4-14)13(19)16(11)8-12(17)18/h1-2,7H,3-6,8H2,(H,17,18)/p-1. The molecule has 4 nitrogen and oxygen atoms in total. The van der Waals surface area contributed by atoms with Gasteiger partial charge in [0, 0.05) is 10.2 Å². The van der Waals surface area contributed by atoms with E-state index in [-0.39, 0.29) is 12.5 Å². The first-order chi connectivity index (χ1) is 9.54. The average molecular weight is 355 g/mol. The molecule has 0 aliphatic carbocycles. The van der Waals surface area contributed by atoms with E-state index in [9.17, 15) is 14.7 Å². The number of carboxylic acid groups (broad SMARTS) is 1. The predicted molar refractivity (Wildman–Crippen MR) is 79.7 cm³/mol. The van der Waals surface area contributed by atoms with Gasteiger partial charge in [0.15, 0.2) is 0 Å². The molecule has 0 N–H and O–H groups in total. The Morgan fingerprint density at radius 2 is 2.10 bits per heavy atom. The number of amides is 1. The van der Waals surface area contributed by atoms with Crippen LogP contribution in [0.1, 0.15) is 18.4 Å². The van der Waals surface area contributed by atoms with Crippen molar-refractivity contribution in [2.24, 2.45) is 0 Å². The van der Waals surface area contributed by atoms with E-state index < -0.39 is 11.4 Å². The van der Waals surface area contributed by atoms with Crippen LogP contribution in [0.15, 0.2) is 22.7 Å². The van der Waals surface area contributed by atoms with E-state index in [0.29, 0.717) is 5.69 Å². The zero-order valence-corrected chi connectivity index (χ0v) is 13.1. The van der Waals surface area contributed by atoms with Crippen molar-refractivity contribution in [3.05, 3.63) is 28.2 Å². The zero-order valence-electron chi connectivity index (χ0n) is 10.7. The number of halogens is 1. The Bertz CT molecular complexity index is 584. The summed E-state index contributed by atoms with van der Waals surface area (Å²) < 4.78 is 0.914. The molecule has 0 saturated carbocycles. The molecule has 2 aliphatic rings. The quantitative estimate of drug-likeness (QED) is 0.803. The van der Waals surface area contributed by atoms with Crippen molar-refractivity contribution in [1.29, 1.82) is 0 Å². The minimum Gasteiger partial charge on any atom is -0.548 e. The molecule has 1 amide bonds. The van der Waals surface area contributed by atoms with Crippen LogP contribution < -0.4 is 10.0 Å². The van der Waals surface area contributed by atoms with Gasteiger partial charge in [0.05, 0.1) is 17.9 Å². The van der Waals surface area contributed by atoms with Crippen LogP contribution in [-0.2, 0) is 15.0 Å². The molecule has 1 spiro atoms. The van der Waals surface area contributed by atoms with Crippen LogP contribution in [-0.4, -0.2) is 29.9 Å². The van der Waals surface area contributed by atoms with Gasteiger partial charge in [-0.2, -0.15) is 11.8 Å². The number of rotatable bonds is 2. The van der Waals surface area contributed by atoms with E-state index in [4.69, 9.17) is 0 Å². The predicted octanol–water partition coefficient (Wildman–Crippen LogP) is 1.31. The minimum absolute atomic E-state index is 0.0879. The lowest BCUT2D eigenvalue weighted by atomic mass is 9.76. The van der Waals surface area contributed by atoms with Crippen LogP contribution in [0, 0.1) is 0 Å². The van der Waals surface area contributed by atoms with Crippen molar-refractivity contribution in [2.75, 3.05) is 23.0 Å². The van der Waals surface area contributed by atoms with Gasteiger partial charge in [-0.3, -0.25) is 4.79 Å². The van der Waals surface area contributed by atoms with Gasteiger partial charge in [0.1, 0.15) is 0 Å². The highest BCUT2D eigenvalue weighted by Crippen LogP contribution is 2.49. The molecule has 0 bridgehead atoms. The average Bonchev–Trinajstić information content (AvgIpc) is 2.63. The zero-order chi connectivity index (χ0) is 14.3. The number of benzene rings is 1. The van der Waals surface area contributed by atoms with Crippen molar-refractivity contribution < 1.29 is 14.7 Å². The first-order valence-electron chi connectivity index (χ1n) is 6.44. The number of carbonyl (C=O) groups excluding carboxylic acids is 2. The van der Waals surface area contributed by atoms with Gasteiger partial charge in [0.2, 0.25) is 5.91 Å². The van der Waals surface area contributed by atoms with Crippen LogP contribution >= 0.6 is 27.7 Å². The first-order valence-corrected chi connectivity index (χ1v) is 8.39. The second-order valence-electron chi connectivity index (χ2n) is 5.12. The number of carboxylic acids is 1. The third-order valence-electron chi connectivity index (χ3n) is 4.05. The smallest absolute Gasteiger partial charge is 0.238 e. The van der Waals surface area contributed by atoms with Crippen molar-refractivity contribution in [1.82, 2.24) is 0 Å². The van der Waals surface area contributed by atoms with Crippen LogP contribution in [0.5, 0.6) is 0 Å². The molecule has 0 aromatic heterocycles. The molecule has 1 aromatic rings. The van der Waals surface area contributed by atoms with Crippen molar-refractivity contribution in [3.8, 4) is 0 Å². The van der Waals surface area contributed by atoms with Crippen molar-refractivity contribution >= 4 is 45.3 Å². The SMILES string of the molecule is O=C([O-])CN1C(=O)C2(CCSCC2)c2cc(Br)ccc21. The molecular weight excluding hydrogens is 342 g/mol. The molecule has 2 aliphatic heterocycles. The Balaban J connectivity index is 2.12. The van der Waals surface area contributed by atoms with Gasteiger partial charge in [-0.25, -0.2) is 0 Å². The molecule has 0 radical (unpaired) electrons. The number of nitrogens with zero attached hydrogens (tertiary/aromatic N) is 1. The molecule has 0 atom stereocenters. The van der Waals surface area contributed by atoms with Gasteiger partial charge in [-0.15, -0.1) is 0 Å². The molecular formula is C14H13BrNO3S-. The fourth-order valence-corrected chi connectivity index (χ4v) is 4.65. The second-order valence-corrected chi connectivity index (χ2v) is 7.26. The van der Waals surface area contributed by atoms with E-state index in [1.807, 2.05) is 30.0 Å². The van der Waals surface area contributed by atoms with Gasteiger partial charge >= 0.3 is 0 Å². The fraction of sp³-hybridized carbons (Fsp3) is 0.429. The summed E-state index contributed by atoms with van der Waals surface area (Å²) >= 11 is 5.28. The monoisotopic (exact) mass is 354 g/mol. The van der Waals surface area contributed by atoms with E-state index in [2.05, 4.69) is 15.9 Å². The number of carbonyl (C=O) groups is 2. The minimum atomic E-state index is -1.23. The summed E-state index contributed by atoms with van der Waals surface area (Å²) in [7, 11) is 0. The van der Waals surface area contributed by atoms with Gasteiger partial charge in [-0.1, -0.05) is 15.9 Å². The maximum atomic E-state index is 12.8. The number of fused-ring (bicyclic) bond motifs is 2. The van der Waals surface area contributed by atoms with Gasteiger partial charge < -0.3 is 14.8 Å². The highest BCUT2D eigenvalue weighted by molar-refractivity contribution is 9.10. The molecule has 106 valence electrons. The number of hydrogen-bond acceptors (Lipinski definition) is 4. The van der Waals surface area contributed by atoms with Crippen LogP contribution in [0.3, 0.4) is 0 Å². The molecule has 0 unspecified atom stereocenters. The highest BCUT2D eigenvalue weighted by atomic mass is 79.9. The highest BCUT2D eigenvalue weighted by Gasteiger charge is 2.51. The summed E-state index contributed by atoms with van der Waals surface area (Å²) in [5.74, 6) is 0.540. The van der Waals surface area contributed by atoms with Crippen molar-refractivity contribution in [2.45, 2.75) is 18.3 Å². The van der Waals surface area contributed by atoms with E-state index >= 15 is 0 Å². The number of thioether (sulfide) groups is 1. The summed E-state index contributed by atoms with van der Waals surface area (Å²) in [6.07, 6.45) is 1.53. The lowest BCUT2D eigenvalue weighted by Gasteiger charge is -2.32. The van der Waals surface area contributed by atoms with E-state index in [0.717, 1.165) is 34.4 Å². The summed E-state index contributed by atoms with van der Waals surface area (Å²) in [6, 6.07) is 5.61. The Hall–Kier alpha value is -1.01. The van der Waals surface area contributed by atoms with Gasteiger partial charge in [0.25, 0.3) is 0 Å². The summed E-state index contributed by atoms with van der Waals surface area (Å²) in [5.41, 5.74) is 1.13. The Morgan fingerprint density at radius 1 is 1.40 bits per heavy atom. The summed E-state index contributed by atoms with van der Waals surface area (Å²) in [4.78, 5) is 25.1. The lowest BCUT2D eigenvalue weighted by Crippen LogP contribution is -2.46. The number of anilines is 1. The fourth-order valence-electron chi connectivity index (χ4n) is 3.10. The third kappa shape index (κ3) is 2.05. The van der Waals surface area contributed by atoms with Crippen LogP contribution in [0.25, 0.3) is 0 Å². The topological polar surface area (TPSA) is 60.4 Å². The molecule has 1 aromatic carbocycles. The van der Waals surface area contributed by atoms with Crippen LogP contribution in [0.2, 0.25) is 0 Å². The van der Waals surface area contributed by atoms with Crippen molar-refractivity contribution in [3.63, 3.8) is 0 Å². The Morgan fingerprint density at radius 3 is 2.75 bits per heavy atom. The lowest BCUT2D eigenvalue weighted by molar-refractivity contribution is -0.303. The molecule has 3 rings (SSSR count). The molecule has 2 heterocycles. The first kappa shape index (κ1) is 13.9. The maximum Gasteiger partial charge on any atom is 0.238 e. The summed E-state index contributed by atoms with van der Waals surface area (Å²) in [5, 5.41) is 10.9. The number of aliphatic carboxylic acids is 1. The second kappa shape index (κ2) is 5.07. The third-order valence-corrected chi connectivity index (χ3v) is 5.53. The maximum absolute atomic E-state index is 12.8. The Labute approximate surface area is 129 Å². The Kier molecular flexibility index (Phi) is 3.54.